The maximum Gasteiger partial charge on any atom is 0.333 e. The third-order valence-electron chi connectivity index (χ3n) is 9.72. The zero-order chi connectivity index (χ0) is 38.5. The molecule has 1 aliphatic rings. The Balaban J connectivity index is 1.22. The molecule has 1 fully saturated rings. The number of imidazole rings is 1. The minimum absolute atomic E-state index is 0.00437. The number of phenolic OH excluding ortho intramolecular Hbond substituents is 2. The summed E-state index contributed by atoms with van der Waals surface area (Å²) < 4.78 is 8.11. The maximum atomic E-state index is 12.5. The quantitative estimate of drug-likeness (QED) is 0.0622. The Morgan fingerprint density at radius 3 is 2.42 bits per heavy atom. The number of hydrogen-bond acceptors (Lipinski definition) is 11. The number of pyridine rings is 1. The summed E-state index contributed by atoms with van der Waals surface area (Å²) in [6, 6.07) is 11.1. The van der Waals surface area contributed by atoms with Crippen molar-refractivity contribution in [3.63, 3.8) is 0 Å². The van der Waals surface area contributed by atoms with Gasteiger partial charge in [-0.3, -0.25) is 14.4 Å². The van der Waals surface area contributed by atoms with E-state index in [0.29, 0.717) is 61.0 Å². The van der Waals surface area contributed by atoms with Crippen LogP contribution in [0.5, 0.6) is 11.5 Å². The molecule has 14 nitrogen and oxygen atoms in total. The lowest BCUT2D eigenvalue weighted by Gasteiger charge is -2.28. The number of nitrogens with one attached hydrogen (secondary N) is 1. The van der Waals surface area contributed by atoms with Crippen molar-refractivity contribution in [2.75, 3.05) is 18.9 Å². The largest absolute Gasteiger partial charge is 0.504 e. The molecule has 3 heterocycles. The van der Waals surface area contributed by atoms with E-state index < -0.39 is 23.3 Å². The molecular weight excluding hydrogens is 680 g/mol. The van der Waals surface area contributed by atoms with Gasteiger partial charge in [0, 0.05) is 55.4 Å². The number of hydrogen-bond donors (Lipinski definition) is 4. The van der Waals surface area contributed by atoms with Gasteiger partial charge in [-0.05, 0) is 62.3 Å². The fourth-order valence-electron chi connectivity index (χ4n) is 6.37. The van der Waals surface area contributed by atoms with E-state index in [2.05, 4.69) is 47.8 Å². The normalized spacial score (nSPS) is 13.7. The first-order valence-electron chi connectivity index (χ1n) is 18.1. The molecule has 0 aliphatic carbocycles. The van der Waals surface area contributed by atoms with E-state index in [-0.39, 0.29) is 48.5 Å². The Morgan fingerprint density at radius 1 is 0.981 bits per heavy atom. The fourth-order valence-corrected chi connectivity index (χ4v) is 6.37. The van der Waals surface area contributed by atoms with Crippen molar-refractivity contribution in [3.05, 3.63) is 53.3 Å². The van der Waals surface area contributed by atoms with Crippen LogP contribution in [0.2, 0.25) is 0 Å². The molecular formula is C39H50N6O8. The summed E-state index contributed by atoms with van der Waals surface area (Å²) in [5.74, 6) is -1.49. The van der Waals surface area contributed by atoms with Gasteiger partial charge in [0.1, 0.15) is 11.3 Å². The van der Waals surface area contributed by atoms with Crippen LogP contribution in [-0.4, -0.2) is 72.3 Å². The zero-order valence-electron chi connectivity index (χ0n) is 31.2. The number of nitrogen functional groups attached to an aromatic ring is 1. The number of rotatable bonds is 17. The molecule has 5 rings (SSSR count). The maximum absolute atomic E-state index is 12.5. The average Bonchev–Trinajstić information content (AvgIpc) is 3.62. The highest BCUT2D eigenvalue weighted by Gasteiger charge is 2.33. The molecule has 1 aliphatic heterocycles. The lowest BCUT2D eigenvalue weighted by Crippen LogP contribution is -2.44. The van der Waals surface area contributed by atoms with Crippen LogP contribution < -0.4 is 11.1 Å². The molecule has 0 spiro atoms. The number of carbonyl (C=O) groups is 4. The van der Waals surface area contributed by atoms with Crippen LogP contribution in [0.4, 0.5) is 5.82 Å². The predicted molar refractivity (Wildman–Crippen MR) is 199 cm³/mol. The predicted octanol–water partition coefficient (Wildman–Crippen LogP) is 5.33. The lowest BCUT2D eigenvalue weighted by atomic mass is 9.81. The van der Waals surface area contributed by atoms with Crippen LogP contribution in [0.25, 0.3) is 21.9 Å². The van der Waals surface area contributed by atoms with E-state index in [9.17, 15) is 29.4 Å². The third-order valence-corrected chi connectivity index (χ3v) is 9.72. The van der Waals surface area contributed by atoms with Crippen molar-refractivity contribution < 1.29 is 39.0 Å². The number of anilines is 1. The van der Waals surface area contributed by atoms with E-state index in [1.807, 2.05) is 19.9 Å². The Bertz CT molecular complexity index is 2000. The van der Waals surface area contributed by atoms with Crippen molar-refractivity contribution in [2.24, 2.45) is 0 Å². The monoisotopic (exact) mass is 730 g/mol. The summed E-state index contributed by atoms with van der Waals surface area (Å²) in [4.78, 5) is 62.3. The number of fused-ring (bicyclic) bond motifs is 3. The molecule has 3 amide bonds. The van der Waals surface area contributed by atoms with Gasteiger partial charge in [0.05, 0.1) is 24.0 Å². The number of carbonyl (C=O) groups excluding carboxylic acids is 4. The second-order valence-electron chi connectivity index (χ2n) is 14.9. The number of hydroxylamine groups is 2. The Hall–Kier alpha value is -5.24. The molecule has 4 aromatic rings. The Morgan fingerprint density at radius 2 is 1.70 bits per heavy atom. The second kappa shape index (κ2) is 16.2. The second-order valence-corrected chi connectivity index (χ2v) is 14.9. The van der Waals surface area contributed by atoms with Gasteiger partial charge in [0.15, 0.2) is 17.3 Å². The van der Waals surface area contributed by atoms with Crippen molar-refractivity contribution in [2.45, 2.75) is 110 Å². The van der Waals surface area contributed by atoms with Crippen molar-refractivity contribution in [1.29, 1.82) is 0 Å². The average molecular weight is 731 g/mol. The number of aromatic hydroxyl groups is 2. The van der Waals surface area contributed by atoms with Gasteiger partial charge in [-0.25, -0.2) is 14.8 Å². The molecule has 1 saturated heterocycles. The molecule has 0 saturated carbocycles. The highest BCUT2D eigenvalue weighted by molar-refractivity contribution is 6.07. The summed E-state index contributed by atoms with van der Waals surface area (Å²) in [7, 11) is 0. The van der Waals surface area contributed by atoms with Crippen LogP contribution in [-0.2, 0) is 47.1 Å². The van der Waals surface area contributed by atoms with E-state index >= 15 is 0 Å². The molecule has 5 N–H and O–H groups in total. The number of imide groups is 1. The van der Waals surface area contributed by atoms with E-state index in [1.54, 1.807) is 12.1 Å². The number of benzene rings is 2. The summed E-state index contributed by atoms with van der Waals surface area (Å²) in [5, 5.41) is 25.1. The fraction of sp³-hybridized carbons (Fsp3) is 0.487. The van der Waals surface area contributed by atoms with Crippen LogP contribution in [0.15, 0.2) is 36.4 Å². The van der Waals surface area contributed by atoms with Crippen LogP contribution in [0.1, 0.15) is 103 Å². The lowest BCUT2D eigenvalue weighted by molar-refractivity contribution is -0.197. The number of nitrogens with zero attached hydrogens (tertiary/aromatic N) is 4. The summed E-state index contributed by atoms with van der Waals surface area (Å²) in [6.45, 7) is 11.3. The first kappa shape index (κ1) is 39.0. The topological polar surface area (TPSA) is 199 Å². The van der Waals surface area contributed by atoms with Gasteiger partial charge < -0.3 is 35.4 Å². The van der Waals surface area contributed by atoms with E-state index in [4.69, 9.17) is 20.3 Å². The first-order valence-corrected chi connectivity index (χ1v) is 18.1. The van der Waals surface area contributed by atoms with Crippen molar-refractivity contribution >= 4 is 51.4 Å². The molecule has 0 bridgehead atoms. The minimum atomic E-state index is -0.820. The van der Waals surface area contributed by atoms with E-state index in [1.165, 1.54) is 6.07 Å². The van der Waals surface area contributed by atoms with Crippen LogP contribution >= 0.6 is 0 Å². The van der Waals surface area contributed by atoms with Gasteiger partial charge in [-0.15, -0.1) is 5.06 Å². The number of aryl methyl sites for hydroxylation is 1. The summed E-state index contributed by atoms with van der Waals surface area (Å²) in [6.07, 6.45) is 3.45. The minimum Gasteiger partial charge on any atom is -0.504 e. The van der Waals surface area contributed by atoms with Gasteiger partial charge >= 0.3 is 5.97 Å². The molecule has 284 valence electrons. The van der Waals surface area contributed by atoms with Gasteiger partial charge in [0.25, 0.3) is 11.8 Å². The molecule has 2 aromatic carbocycles. The van der Waals surface area contributed by atoms with Crippen LogP contribution in [0, 0.1) is 0 Å². The van der Waals surface area contributed by atoms with Crippen LogP contribution in [0.3, 0.4) is 0 Å². The number of aromatic nitrogens is 3. The Labute approximate surface area is 308 Å². The molecule has 0 radical (unpaired) electrons. The number of phenols is 2. The number of nitrogens with two attached hydrogens (primary N) is 1. The number of para-hydroxylation sites is 1. The molecule has 14 heteroatoms. The number of amides is 3. The van der Waals surface area contributed by atoms with Gasteiger partial charge in [-0.2, -0.15) is 0 Å². The van der Waals surface area contributed by atoms with Gasteiger partial charge in [0.2, 0.25) is 5.91 Å². The first-order chi connectivity index (χ1) is 25.1. The highest BCUT2D eigenvalue weighted by Crippen LogP contribution is 2.36. The molecule has 53 heavy (non-hydrogen) atoms. The SMILES string of the molecule is CCCCc1nc2c(N)nc3ccc(C(C)(C)CCOCCC(C)(C)NC(=O)CCC(=O)ON4C(=O)CCC4=O)cc3c2n1Cc1cccc(O)c1O. The number of unbranched alkanes of at least 4 members (excludes halogenated alkanes) is 1. The summed E-state index contributed by atoms with van der Waals surface area (Å²) >= 11 is 0. The molecule has 0 unspecified atom stereocenters. The molecule has 0 atom stereocenters. The summed E-state index contributed by atoms with van der Waals surface area (Å²) in [5.41, 5.74) is 9.37. The number of ether oxygens (including phenoxy) is 1. The Kier molecular flexibility index (Phi) is 11.9. The highest BCUT2D eigenvalue weighted by atomic mass is 16.7. The zero-order valence-corrected chi connectivity index (χ0v) is 31.2. The smallest absolute Gasteiger partial charge is 0.333 e. The van der Waals surface area contributed by atoms with Gasteiger partial charge in [-0.1, -0.05) is 45.4 Å². The van der Waals surface area contributed by atoms with Crippen molar-refractivity contribution in [3.8, 4) is 11.5 Å². The molecule has 2 aromatic heterocycles. The standard InChI is InChI=1S/C39H50N6O8/c1-6-7-11-29-42-34-35(44(29)23-24-9-8-10-28(46)36(24)51)26-22-25(12-13-27(26)41-37(34)40)38(2,3)18-20-52-21-19-39(4,5)43-30(47)14-17-33(50)53-45-31(48)15-16-32(45)49/h8-10,12-13,22,46,51H,6-7,11,14-21,23H2,1-5H3,(H2,40,41)(H,43,47). The van der Waals surface area contributed by atoms with Crippen molar-refractivity contribution in [1.82, 2.24) is 24.9 Å². The third kappa shape index (κ3) is 9.23. The van der Waals surface area contributed by atoms with E-state index in [0.717, 1.165) is 40.6 Å².